The van der Waals surface area contributed by atoms with E-state index in [9.17, 15) is 0 Å². The lowest BCUT2D eigenvalue weighted by atomic mass is 10.1. The molecule has 0 saturated heterocycles. The summed E-state index contributed by atoms with van der Waals surface area (Å²) in [7, 11) is 0. The van der Waals surface area contributed by atoms with E-state index in [4.69, 9.17) is 15.2 Å². The van der Waals surface area contributed by atoms with Crippen LogP contribution in [-0.4, -0.2) is 44.0 Å². The number of ether oxygens (including phenoxy) is 2. The standard InChI is InChI=1S/C21H32N7O2/c22-5-1-3-7-27-9-10-28(8-4-2-6-23)21(27)25-24-17-15-18-20-19(16-17)30-14-12-26(20)11-13-29-18/h9-10,15-16H,1-8,11-14,22-23H2/q+1/p+1. The van der Waals surface area contributed by atoms with E-state index in [1.165, 1.54) is 0 Å². The van der Waals surface area contributed by atoms with Crippen LogP contribution in [0, 0.1) is 0 Å². The molecular weight excluding hydrogens is 382 g/mol. The Labute approximate surface area is 177 Å². The first-order valence-electron chi connectivity index (χ1n) is 11.0. The summed E-state index contributed by atoms with van der Waals surface area (Å²) < 4.78 is 16.1. The molecule has 3 heterocycles. The fourth-order valence-electron chi connectivity index (χ4n) is 3.94. The molecule has 0 bridgehead atoms. The Hall–Kier alpha value is -2.65. The molecule has 1 aromatic carbocycles. The number of unbranched alkanes of at least 4 members (excludes halogenated alkanes) is 2. The maximum atomic E-state index is 5.87. The number of anilines is 1. The molecule has 9 nitrogen and oxygen atoms in total. The van der Waals surface area contributed by atoms with Crippen LogP contribution in [0.2, 0.25) is 0 Å². The van der Waals surface area contributed by atoms with Crippen molar-refractivity contribution in [1.29, 1.82) is 0 Å². The number of quaternary nitrogens is 1. The van der Waals surface area contributed by atoms with Crippen LogP contribution >= 0.6 is 0 Å². The number of hydrogen-bond acceptors (Lipinski definition) is 6. The molecular formula is C21H33N7O2+2. The van der Waals surface area contributed by atoms with Crippen LogP contribution < -0.4 is 30.4 Å². The minimum Gasteiger partial charge on any atom is -0.489 e. The van der Waals surface area contributed by atoms with Crippen molar-refractivity contribution in [3.8, 4) is 11.5 Å². The summed E-state index contributed by atoms with van der Waals surface area (Å²) in [5.41, 5.74) is 11.4. The molecule has 0 fully saturated rings. The normalized spacial score (nSPS) is 15.2. The Bertz CT molecular complexity index is 822. The molecule has 5 N–H and O–H groups in total. The smallest absolute Gasteiger partial charge is 0.421 e. The molecule has 0 amide bonds. The predicted octanol–water partition coefficient (Wildman–Crippen LogP) is 1.54. The van der Waals surface area contributed by atoms with Gasteiger partial charge in [0.25, 0.3) is 0 Å². The molecule has 2 aliphatic heterocycles. The van der Waals surface area contributed by atoms with E-state index in [-0.39, 0.29) is 0 Å². The Morgan fingerprint density at radius 2 is 1.80 bits per heavy atom. The molecule has 1 aromatic heterocycles. The van der Waals surface area contributed by atoms with Gasteiger partial charge in [-0.2, -0.15) is 0 Å². The summed E-state index contributed by atoms with van der Waals surface area (Å²) in [5.74, 6) is 2.51. The van der Waals surface area contributed by atoms with E-state index in [2.05, 4.69) is 42.4 Å². The van der Waals surface area contributed by atoms with Crippen molar-refractivity contribution in [2.45, 2.75) is 38.8 Å². The number of aromatic nitrogens is 2. The lowest BCUT2D eigenvalue weighted by molar-refractivity contribution is -0.684. The number of benzene rings is 1. The number of rotatable bonds is 10. The molecule has 0 aliphatic carbocycles. The first-order valence-corrected chi connectivity index (χ1v) is 11.0. The van der Waals surface area contributed by atoms with E-state index in [0.29, 0.717) is 19.8 Å². The summed E-state index contributed by atoms with van der Waals surface area (Å²) in [4.78, 5) is 2.32. The second-order valence-electron chi connectivity index (χ2n) is 7.72. The van der Waals surface area contributed by atoms with Gasteiger partial charge in [-0.05, 0) is 32.2 Å². The van der Waals surface area contributed by atoms with Gasteiger partial charge in [0.15, 0.2) is 0 Å². The van der Waals surface area contributed by atoms with Crippen molar-refractivity contribution in [2.75, 3.05) is 44.3 Å². The van der Waals surface area contributed by atoms with E-state index < -0.39 is 0 Å². The first kappa shape index (κ1) is 20.6. The van der Waals surface area contributed by atoms with Gasteiger partial charge in [-0.25, -0.2) is 9.13 Å². The molecule has 4 rings (SSSR count). The molecule has 2 aliphatic rings. The molecule has 30 heavy (non-hydrogen) atoms. The van der Waals surface area contributed by atoms with E-state index in [1.807, 2.05) is 12.1 Å². The number of hydrogen-bond donors (Lipinski definition) is 2. The van der Waals surface area contributed by atoms with E-state index >= 15 is 0 Å². The van der Waals surface area contributed by atoms with E-state index in [0.717, 1.165) is 87.2 Å². The van der Waals surface area contributed by atoms with Crippen molar-refractivity contribution in [3.05, 3.63) is 24.5 Å². The second-order valence-corrected chi connectivity index (χ2v) is 7.72. The summed E-state index contributed by atoms with van der Waals surface area (Å²) in [6.07, 6.45) is 8.35. The van der Waals surface area contributed by atoms with Crippen LogP contribution in [0.25, 0.3) is 0 Å². The van der Waals surface area contributed by atoms with Gasteiger partial charge in [0.2, 0.25) is 0 Å². The Morgan fingerprint density at radius 3 is 2.50 bits per heavy atom. The van der Waals surface area contributed by atoms with Crippen molar-refractivity contribution >= 4 is 17.3 Å². The highest BCUT2D eigenvalue weighted by Gasteiger charge is 2.27. The van der Waals surface area contributed by atoms with Gasteiger partial charge in [0.1, 0.15) is 36.1 Å². The van der Waals surface area contributed by atoms with Crippen LogP contribution in [0.1, 0.15) is 25.7 Å². The highest BCUT2D eigenvalue weighted by molar-refractivity contribution is 5.74. The van der Waals surface area contributed by atoms with Crippen molar-refractivity contribution in [2.24, 2.45) is 16.0 Å². The summed E-state index contributed by atoms with van der Waals surface area (Å²) in [6, 6.07) is 3.91. The highest BCUT2D eigenvalue weighted by Crippen LogP contribution is 2.45. The highest BCUT2D eigenvalue weighted by atomic mass is 16.5. The zero-order chi connectivity index (χ0) is 20.8. The number of nitrogens with zero attached hydrogens (tertiary/aromatic N) is 5. The minimum atomic E-state index is 0.684. The predicted molar refractivity (Wildman–Crippen MR) is 114 cm³/mol. The number of nitrogens with two attached hydrogens (primary N) is 1. The fraction of sp³-hybridized carbons (Fsp3) is 0.571. The fourth-order valence-corrected chi connectivity index (χ4v) is 3.94. The molecule has 162 valence electrons. The maximum absolute atomic E-state index is 5.87. The van der Waals surface area contributed by atoms with Crippen molar-refractivity contribution in [1.82, 2.24) is 4.57 Å². The second kappa shape index (κ2) is 9.90. The Morgan fingerprint density at radius 1 is 1.03 bits per heavy atom. The zero-order valence-electron chi connectivity index (χ0n) is 17.6. The lowest BCUT2D eigenvalue weighted by Crippen LogP contribution is -2.50. The third-order valence-corrected chi connectivity index (χ3v) is 5.53. The van der Waals surface area contributed by atoms with E-state index in [1.54, 1.807) is 0 Å². The molecule has 0 radical (unpaired) electrons. The summed E-state index contributed by atoms with van der Waals surface area (Å²) in [6.45, 7) is 6.60. The van der Waals surface area contributed by atoms with Gasteiger partial charge >= 0.3 is 5.95 Å². The van der Waals surface area contributed by atoms with Crippen LogP contribution in [0.5, 0.6) is 11.5 Å². The monoisotopic (exact) mass is 415 g/mol. The van der Waals surface area contributed by atoms with Crippen LogP contribution in [0.3, 0.4) is 0 Å². The van der Waals surface area contributed by atoms with Crippen LogP contribution in [0.4, 0.5) is 17.3 Å². The summed E-state index contributed by atoms with van der Waals surface area (Å²) >= 11 is 0. The SMILES string of the molecule is NCCCC[n+]1ccn(CCCC[NH3+])c1N=Nc1cc2c3c(c1)OCCN3CCO2. The maximum Gasteiger partial charge on any atom is 0.421 e. The Balaban J connectivity index is 1.58. The van der Waals surface area contributed by atoms with Crippen LogP contribution in [-0.2, 0) is 13.1 Å². The third kappa shape index (κ3) is 4.57. The molecule has 9 heteroatoms. The quantitative estimate of drug-likeness (QED) is 0.348. The molecule has 0 unspecified atom stereocenters. The van der Waals surface area contributed by atoms with Crippen molar-refractivity contribution < 1.29 is 19.8 Å². The average Bonchev–Trinajstić information content (AvgIpc) is 3.15. The first-order chi connectivity index (χ1) is 14.8. The third-order valence-electron chi connectivity index (χ3n) is 5.53. The van der Waals surface area contributed by atoms with Gasteiger partial charge in [-0.15, -0.1) is 0 Å². The molecule has 0 spiro atoms. The molecule has 2 aromatic rings. The number of azo groups is 1. The topological polar surface area (TPSA) is 109 Å². The summed E-state index contributed by atoms with van der Waals surface area (Å²) in [5, 5.41) is 9.19. The lowest BCUT2D eigenvalue weighted by Gasteiger charge is -2.35. The van der Waals surface area contributed by atoms with Gasteiger partial charge in [0, 0.05) is 17.2 Å². The largest absolute Gasteiger partial charge is 0.489 e. The van der Waals surface area contributed by atoms with Gasteiger partial charge in [-0.1, -0.05) is 5.11 Å². The van der Waals surface area contributed by atoms with Crippen LogP contribution in [0.15, 0.2) is 34.8 Å². The van der Waals surface area contributed by atoms with Gasteiger partial charge in [0.05, 0.1) is 45.1 Å². The van der Waals surface area contributed by atoms with Gasteiger partial charge < -0.3 is 25.8 Å². The molecule has 0 saturated carbocycles. The van der Waals surface area contributed by atoms with Crippen molar-refractivity contribution in [3.63, 3.8) is 0 Å². The number of imidazole rings is 1. The van der Waals surface area contributed by atoms with Gasteiger partial charge in [-0.3, -0.25) is 0 Å². The average molecular weight is 416 g/mol. The Kier molecular flexibility index (Phi) is 6.81. The number of aryl methyl sites for hydroxylation is 2. The zero-order valence-corrected chi connectivity index (χ0v) is 17.6. The minimum absolute atomic E-state index is 0.684. The molecule has 0 atom stereocenters.